The second kappa shape index (κ2) is 7.88. The van der Waals surface area contributed by atoms with Crippen LogP contribution < -0.4 is 5.32 Å². The van der Waals surface area contributed by atoms with E-state index in [9.17, 15) is 9.59 Å². The first-order valence-electron chi connectivity index (χ1n) is 9.63. The maximum absolute atomic E-state index is 13.4. The molecule has 1 N–H and O–H groups in total. The summed E-state index contributed by atoms with van der Waals surface area (Å²) in [5, 5.41) is 3.85. The summed E-state index contributed by atoms with van der Waals surface area (Å²) in [6.45, 7) is 1.84. The van der Waals surface area contributed by atoms with Gasteiger partial charge in [0, 0.05) is 34.3 Å². The topological polar surface area (TPSA) is 55.4 Å². The number of methoxy groups -OCH3 is 1. The number of nitrogens with one attached hydrogen (secondary N) is 1. The van der Waals surface area contributed by atoms with Crippen molar-refractivity contribution in [2.75, 3.05) is 7.11 Å². The predicted octanol–water partition coefficient (Wildman–Crippen LogP) is 4.87. The van der Waals surface area contributed by atoms with Gasteiger partial charge < -0.3 is 10.1 Å². The molecule has 4 rings (SSSR count). The van der Waals surface area contributed by atoms with Crippen LogP contribution in [0, 0.1) is 0 Å². The number of carbonyl (C=O) groups excluding carboxylic acids is 2. The third-order valence-corrected chi connectivity index (χ3v) is 6.06. The van der Waals surface area contributed by atoms with Crippen LogP contribution in [-0.4, -0.2) is 18.9 Å². The number of dihydropyridines is 1. The van der Waals surface area contributed by atoms with Crippen LogP contribution in [0.2, 0.25) is 5.02 Å². The average molecular weight is 408 g/mol. The summed E-state index contributed by atoms with van der Waals surface area (Å²) in [6, 6.07) is 17.4. The van der Waals surface area contributed by atoms with Gasteiger partial charge in [0.25, 0.3) is 0 Å². The number of esters is 1. The minimum atomic E-state index is -0.531. The van der Waals surface area contributed by atoms with Crippen LogP contribution in [0.3, 0.4) is 0 Å². The van der Waals surface area contributed by atoms with E-state index in [0.717, 1.165) is 16.8 Å². The molecule has 1 aliphatic carbocycles. The highest BCUT2D eigenvalue weighted by Crippen LogP contribution is 2.46. The highest BCUT2D eigenvalue weighted by Gasteiger charge is 2.41. The number of carbonyl (C=O) groups is 2. The molecule has 0 saturated carbocycles. The lowest BCUT2D eigenvalue weighted by atomic mass is 9.71. The van der Waals surface area contributed by atoms with Gasteiger partial charge in [0.1, 0.15) is 0 Å². The molecule has 0 aromatic heterocycles. The smallest absolute Gasteiger partial charge is 0.336 e. The lowest BCUT2D eigenvalue weighted by Crippen LogP contribution is -2.36. The molecule has 148 valence electrons. The van der Waals surface area contributed by atoms with Gasteiger partial charge in [-0.25, -0.2) is 4.79 Å². The van der Waals surface area contributed by atoms with Gasteiger partial charge in [-0.2, -0.15) is 0 Å². The molecule has 0 amide bonds. The molecule has 5 heteroatoms. The molecule has 2 aromatic rings. The van der Waals surface area contributed by atoms with Crippen molar-refractivity contribution < 1.29 is 14.3 Å². The molecule has 2 unspecified atom stereocenters. The summed E-state index contributed by atoms with van der Waals surface area (Å²) >= 11 is 6.49. The third-order valence-electron chi connectivity index (χ3n) is 5.72. The highest BCUT2D eigenvalue weighted by atomic mass is 35.5. The first kappa shape index (κ1) is 19.5. The Kier molecular flexibility index (Phi) is 5.29. The van der Waals surface area contributed by atoms with Crippen molar-refractivity contribution >= 4 is 23.4 Å². The zero-order valence-electron chi connectivity index (χ0n) is 16.4. The number of ketones is 1. The highest BCUT2D eigenvalue weighted by molar-refractivity contribution is 6.31. The number of hydrogen-bond acceptors (Lipinski definition) is 4. The van der Waals surface area contributed by atoms with Crippen molar-refractivity contribution in [3.63, 3.8) is 0 Å². The van der Waals surface area contributed by atoms with E-state index in [1.807, 2.05) is 43.3 Å². The molecule has 2 aliphatic rings. The van der Waals surface area contributed by atoms with E-state index in [0.29, 0.717) is 34.7 Å². The molecule has 1 heterocycles. The first-order chi connectivity index (χ1) is 14.0. The SMILES string of the molecule is COC(=O)C1=C(C)NC2=C(C(=O)CC(c3ccccc3)C2)C1c1ccccc1Cl. The fourth-order valence-electron chi connectivity index (χ4n) is 4.40. The fourth-order valence-corrected chi connectivity index (χ4v) is 4.65. The standard InChI is InChI=1S/C24H22ClNO3/c1-14-21(24(28)29-2)22(17-10-6-7-11-18(17)25)23-19(26-14)12-16(13-20(23)27)15-8-4-3-5-9-15/h3-11,16,22,26H,12-13H2,1-2H3. The molecule has 0 bridgehead atoms. The number of Topliss-reactive ketones (excluding diaryl/α,β-unsaturated/α-hetero) is 1. The van der Waals surface area contributed by atoms with Gasteiger partial charge >= 0.3 is 5.97 Å². The monoisotopic (exact) mass is 407 g/mol. The Balaban J connectivity index is 1.84. The average Bonchev–Trinajstić information content (AvgIpc) is 2.73. The van der Waals surface area contributed by atoms with Gasteiger partial charge in [-0.3, -0.25) is 4.79 Å². The van der Waals surface area contributed by atoms with Crippen molar-refractivity contribution in [1.82, 2.24) is 5.32 Å². The van der Waals surface area contributed by atoms with Crippen LogP contribution in [0.15, 0.2) is 77.1 Å². The summed E-state index contributed by atoms with van der Waals surface area (Å²) in [5.41, 5.74) is 4.51. The molecule has 0 radical (unpaired) electrons. The van der Waals surface area contributed by atoms with E-state index in [4.69, 9.17) is 16.3 Å². The van der Waals surface area contributed by atoms with E-state index in [1.165, 1.54) is 7.11 Å². The van der Waals surface area contributed by atoms with E-state index in [-0.39, 0.29) is 11.7 Å². The Morgan fingerprint density at radius 2 is 1.76 bits per heavy atom. The minimum absolute atomic E-state index is 0.0337. The zero-order chi connectivity index (χ0) is 20.5. The zero-order valence-corrected chi connectivity index (χ0v) is 17.1. The Hall–Kier alpha value is -2.85. The van der Waals surface area contributed by atoms with Gasteiger partial charge in [0.05, 0.1) is 12.7 Å². The van der Waals surface area contributed by atoms with Gasteiger partial charge in [-0.05, 0) is 36.5 Å². The molecule has 0 saturated heterocycles. The molecule has 1 aliphatic heterocycles. The number of benzene rings is 2. The van der Waals surface area contributed by atoms with Gasteiger partial charge in [-0.15, -0.1) is 0 Å². The van der Waals surface area contributed by atoms with E-state index >= 15 is 0 Å². The Bertz CT molecular complexity index is 1040. The van der Waals surface area contributed by atoms with Gasteiger partial charge in [-0.1, -0.05) is 60.1 Å². The summed E-state index contributed by atoms with van der Waals surface area (Å²) < 4.78 is 5.04. The first-order valence-corrected chi connectivity index (χ1v) is 10.0. The van der Waals surface area contributed by atoms with E-state index in [2.05, 4.69) is 17.4 Å². The van der Waals surface area contributed by atoms with Crippen molar-refractivity contribution in [1.29, 1.82) is 0 Å². The number of hydrogen-bond donors (Lipinski definition) is 1. The number of rotatable bonds is 3. The fraction of sp³-hybridized carbons (Fsp3) is 0.250. The van der Waals surface area contributed by atoms with Crippen LogP contribution in [0.5, 0.6) is 0 Å². The van der Waals surface area contributed by atoms with Crippen LogP contribution in [0.1, 0.15) is 42.7 Å². The van der Waals surface area contributed by atoms with Crippen molar-refractivity contribution in [3.8, 4) is 0 Å². The van der Waals surface area contributed by atoms with E-state index in [1.54, 1.807) is 6.07 Å². The molecule has 29 heavy (non-hydrogen) atoms. The summed E-state index contributed by atoms with van der Waals surface area (Å²) in [5.74, 6) is -0.846. The normalized spacial score (nSPS) is 21.6. The molecule has 2 atom stereocenters. The summed E-state index contributed by atoms with van der Waals surface area (Å²) in [7, 11) is 1.35. The van der Waals surface area contributed by atoms with Crippen LogP contribution in [0.25, 0.3) is 0 Å². The molecule has 4 nitrogen and oxygen atoms in total. The number of ether oxygens (including phenoxy) is 1. The van der Waals surface area contributed by atoms with Gasteiger partial charge in [0.15, 0.2) is 5.78 Å². The third kappa shape index (κ3) is 3.49. The predicted molar refractivity (Wildman–Crippen MR) is 112 cm³/mol. The number of halogens is 1. The Morgan fingerprint density at radius 3 is 2.45 bits per heavy atom. The minimum Gasteiger partial charge on any atom is -0.466 e. The molecular formula is C24H22ClNO3. The lowest BCUT2D eigenvalue weighted by molar-refractivity contribution is -0.136. The van der Waals surface area contributed by atoms with Crippen LogP contribution >= 0.6 is 11.6 Å². The van der Waals surface area contributed by atoms with Crippen LogP contribution in [-0.2, 0) is 14.3 Å². The van der Waals surface area contributed by atoms with E-state index < -0.39 is 11.9 Å². The Labute approximate surface area is 175 Å². The summed E-state index contributed by atoms with van der Waals surface area (Å²) in [4.78, 5) is 26.0. The second-order valence-corrected chi connectivity index (χ2v) is 7.85. The van der Waals surface area contributed by atoms with Crippen molar-refractivity contribution in [3.05, 3.63) is 93.3 Å². The maximum atomic E-state index is 13.4. The summed E-state index contributed by atoms with van der Waals surface area (Å²) in [6.07, 6.45) is 1.11. The quantitative estimate of drug-likeness (QED) is 0.737. The molecular weight excluding hydrogens is 386 g/mol. The molecule has 2 aromatic carbocycles. The molecule has 0 fully saturated rings. The largest absolute Gasteiger partial charge is 0.466 e. The van der Waals surface area contributed by atoms with Crippen LogP contribution in [0.4, 0.5) is 0 Å². The molecule has 0 spiro atoms. The second-order valence-electron chi connectivity index (χ2n) is 7.44. The van der Waals surface area contributed by atoms with Crippen molar-refractivity contribution in [2.45, 2.75) is 31.6 Å². The maximum Gasteiger partial charge on any atom is 0.336 e. The number of allylic oxidation sites excluding steroid dienone is 3. The van der Waals surface area contributed by atoms with Crippen molar-refractivity contribution in [2.24, 2.45) is 0 Å². The lowest BCUT2D eigenvalue weighted by Gasteiger charge is -2.36. The Morgan fingerprint density at radius 1 is 1.07 bits per heavy atom. The van der Waals surface area contributed by atoms with Gasteiger partial charge in [0.2, 0.25) is 0 Å².